The number of fused-ring (bicyclic) bond motifs is 3. The van der Waals surface area contributed by atoms with Crippen molar-refractivity contribution in [3.05, 3.63) is 34.5 Å². The molecule has 0 saturated carbocycles. The second-order valence-electron chi connectivity index (χ2n) is 7.01. The second kappa shape index (κ2) is 6.77. The summed E-state index contributed by atoms with van der Waals surface area (Å²) in [6, 6.07) is 6.25. The van der Waals surface area contributed by atoms with E-state index in [0.717, 1.165) is 37.4 Å². The van der Waals surface area contributed by atoms with Gasteiger partial charge >= 0.3 is 0 Å². The summed E-state index contributed by atoms with van der Waals surface area (Å²) in [6.07, 6.45) is 2.96. The van der Waals surface area contributed by atoms with Crippen LogP contribution in [0.15, 0.2) is 18.2 Å². The number of carbonyl (C=O) groups is 1. The number of amides is 1. The number of benzene rings is 1. The molecule has 5 heteroatoms. The maximum Gasteiger partial charge on any atom is 0.220 e. The van der Waals surface area contributed by atoms with Crippen molar-refractivity contribution in [2.24, 2.45) is 7.05 Å². The Bertz CT molecular complexity index is 766. The lowest BCUT2D eigenvalue weighted by Gasteiger charge is -2.36. The van der Waals surface area contributed by atoms with Gasteiger partial charge < -0.3 is 14.4 Å². The Hall–Kier alpha value is -1.52. The highest BCUT2D eigenvalue weighted by Crippen LogP contribution is 2.39. The number of aryl methyl sites for hydroxylation is 1. The van der Waals surface area contributed by atoms with Crippen molar-refractivity contribution in [2.45, 2.75) is 32.2 Å². The first kappa shape index (κ1) is 17.3. The van der Waals surface area contributed by atoms with Crippen LogP contribution >= 0.6 is 11.6 Å². The fourth-order valence-corrected chi connectivity index (χ4v) is 4.18. The van der Waals surface area contributed by atoms with Gasteiger partial charge in [-0.15, -0.1) is 0 Å². The van der Waals surface area contributed by atoms with Crippen molar-refractivity contribution in [3.63, 3.8) is 0 Å². The molecule has 2 heterocycles. The molecule has 2 aromatic rings. The maximum atomic E-state index is 12.2. The molecule has 24 heavy (non-hydrogen) atoms. The van der Waals surface area contributed by atoms with Crippen LogP contribution in [-0.2, 0) is 18.3 Å². The molecule has 3 rings (SSSR count). The van der Waals surface area contributed by atoms with Crippen LogP contribution in [0.3, 0.4) is 0 Å². The lowest BCUT2D eigenvalue weighted by molar-refractivity contribution is -0.132. The zero-order chi connectivity index (χ0) is 17.4. The number of hydrogen-bond acceptors (Lipinski definition) is 2. The van der Waals surface area contributed by atoms with Gasteiger partial charge in [0.2, 0.25) is 5.91 Å². The normalized spacial score (nSPS) is 17.6. The van der Waals surface area contributed by atoms with Gasteiger partial charge in [0.05, 0.1) is 6.04 Å². The highest BCUT2D eigenvalue weighted by molar-refractivity contribution is 6.31. The van der Waals surface area contributed by atoms with E-state index in [1.54, 1.807) is 6.92 Å². The third-order valence-electron chi connectivity index (χ3n) is 5.10. The number of hydrogen-bond donors (Lipinski definition) is 0. The quantitative estimate of drug-likeness (QED) is 0.845. The van der Waals surface area contributed by atoms with E-state index >= 15 is 0 Å². The summed E-state index contributed by atoms with van der Waals surface area (Å²) < 4.78 is 2.26. The summed E-state index contributed by atoms with van der Waals surface area (Å²) in [7, 11) is 6.29. The van der Waals surface area contributed by atoms with E-state index in [4.69, 9.17) is 11.6 Å². The minimum Gasteiger partial charge on any atom is -0.346 e. The Morgan fingerprint density at radius 1 is 1.38 bits per heavy atom. The molecule has 0 N–H and O–H groups in total. The molecule has 1 aromatic heterocycles. The Balaban J connectivity index is 2.05. The molecule has 4 nitrogen and oxygen atoms in total. The van der Waals surface area contributed by atoms with E-state index in [2.05, 4.69) is 42.7 Å². The fourth-order valence-electron chi connectivity index (χ4n) is 4.01. The molecule has 0 aliphatic carbocycles. The summed E-state index contributed by atoms with van der Waals surface area (Å²) in [5, 5.41) is 2.01. The van der Waals surface area contributed by atoms with Crippen LogP contribution < -0.4 is 0 Å². The van der Waals surface area contributed by atoms with Crippen LogP contribution in [0.4, 0.5) is 0 Å². The summed E-state index contributed by atoms with van der Waals surface area (Å²) in [4.78, 5) is 16.4. The molecule has 0 radical (unpaired) electrons. The van der Waals surface area contributed by atoms with Crippen LogP contribution in [0.2, 0.25) is 5.02 Å². The van der Waals surface area contributed by atoms with Crippen LogP contribution in [0.1, 0.15) is 37.1 Å². The molecule has 1 unspecified atom stereocenters. The van der Waals surface area contributed by atoms with Crippen molar-refractivity contribution >= 4 is 28.4 Å². The Kier molecular flexibility index (Phi) is 4.88. The zero-order valence-electron chi connectivity index (χ0n) is 15.0. The average Bonchev–Trinajstić information content (AvgIpc) is 2.79. The molecule has 1 amide bonds. The molecule has 0 spiro atoms. The molecule has 1 aliphatic heterocycles. The molecule has 1 aliphatic rings. The zero-order valence-corrected chi connectivity index (χ0v) is 15.7. The van der Waals surface area contributed by atoms with Crippen LogP contribution in [-0.4, -0.2) is 47.5 Å². The van der Waals surface area contributed by atoms with Gasteiger partial charge in [-0.2, -0.15) is 0 Å². The van der Waals surface area contributed by atoms with Crippen molar-refractivity contribution < 1.29 is 4.79 Å². The van der Waals surface area contributed by atoms with Gasteiger partial charge in [-0.05, 0) is 63.7 Å². The van der Waals surface area contributed by atoms with Crippen molar-refractivity contribution in [1.29, 1.82) is 0 Å². The van der Waals surface area contributed by atoms with E-state index in [1.807, 2.05) is 11.0 Å². The summed E-state index contributed by atoms with van der Waals surface area (Å²) in [5.74, 6) is 0.166. The SMILES string of the molecule is CC(=O)N1CCc2c(n(C)c3ccc(Cl)cc23)C1CCCN(C)C. The van der Waals surface area contributed by atoms with Gasteiger partial charge in [0.15, 0.2) is 0 Å². The highest BCUT2D eigenvalue weighted by Gasteiger charge is 2.33. The van der Waals surface area contributed by atoms with E-state index in [1.165, 1.54) is 22.2 Å². The Morgan fingerprint density at radius 3 is 2.79 bits per heavy atom. The summed E-state index contributed by atoms with van der Waals surface area (Å²) >= 11 is 6.23. The predicted molar refractivity (Wildman–Crippen MR) is 99.5 cm³/mol. The lowest BCUT2D eigenvalue weighted by atomic mass is 9.94. The molecular formula is C19H26ClN3O. The smallest absolute Gasteiger partial charge is 0.220 e. The number of rotatable bonds is 4. The third-order valence-corrected chi connectivity index (χ3v) is 5.33. The van der Waals surface area contributed by atoms with Gasteiger partial charge in [0, 0.05) is 42.1 Å². The van der Waals surface area contributed by atoms with E-state index in [9.17, 15) is 4.79 Å². The molecule has 130 valence electrons. The standard InChI is InChI=1S/C19H26ClN3O/c1-13(24)23-11-9-15-16-12-14(20)7-8-17(16)22(4)19(15)18(23)6-5-10-21(2)3/h7-8,12,18H,5-6,9-11H2,1-4H3. The monoisotopic (exact) mass is 347 g/mol. The minimum absolute atomic E-state index is 0.155. The Morgan fingerprint density at radius 2 is 2.12 bits per heavy atom. The van der Waals surface area contributed by atoms with E-state index < -0.39 is 0 Å². The summed E-state index contributed by atoms with van der Waals surface area (Å²) in [5.41, 5.74) is 3.85. The second-order valence-corrected chi connectivity index (χ2v) is 7.44. The first-order valence-corrected chi connectivity index (χ1v) is 8.96. The molecular weight excluding hydrogens is 322 g/mol. The molecule has 0 fully saturated rings. The van der Waals surface area contributed by atoms with Gasteiger partial charge in [0.1, 0.15) is 0 Å². The number of aromatic nitrogens is 1. The maximum absolute atomic E-state index is 12.2. The minimum atomic E-state index is 0.155. The number of carbonyl (C=O) groups excluding carboxylic acids is 1. The fraction of sp³-hybridized carbons (Fsp3) is 0.526. The largest absolute Gasteiger partial charge is 0.346 e. The number of nitrogens with zero attached hydrogens (tertiary/aromatic N) is 3. The average molecular weight is 348 g/mol. The van der Waals surface area contributed by atoms with Crippen molar-refractivity contribution in [2.75, 3.05) is 27.2 Å². The van der Waals surface area contributed by atoms with Crippen molar-refractivity contribution in [3.8, 4) is 0 Å². The van der Waals surface area contributed by atoms with Gasteiger partial charge in [0.25, 0.3) is 0 Å². The van der Waals surface area contributed by atoms with Crippen LogP contribution in [0.5, 0.6) is 0 Å². The summed E-state index contributed by atoms with van der Waals surface area (Å²) in [6.45, 7) is 3.51. The third kappa shape index (κ3) is 3.05. The van der Waals surface area contributed by atoms with Crippen LogP contribution in [0, 0.1) is 0 Å². The van der Waals surface area contributed by atoms with Crippen LogP contribution in [0.25, 0.3) is 10.9 Å². The lowest BCUT2D eigenvalue weighted by Crippen LogP contribution is -2.39. The van der Waals surface area contributed by atoms with Gasteiger partial charge in [-0.3, -0.25) is 4.79 Å². The van der Waals surface area contributed by atoms with Gasteiger partial charge in [-0.25, -0.2) is 0 Å². The van der Waals surface area contributed by atoms with Crippen molar-refractivity contribution in [1.82, 2.24) is 14.4 Å². The molecule has 1 atom stereocenters. The highest BCUT2D eigenvalue weighted by atomic mass is 35.5. The molecule has 0 saturated heterocycles. The topological polar surface area (TPSA) is 28.5 Å². The first-order valence-electron chi connectivity index (χ1n) is 8.58. The number of halogens is 1. The van der Waals surface area contributed by atoms with Gasteiger partial charge in [-0.1, -0.05) is 11.6 Å². The molecule has 0 bridgehead atoms. The van der Waals surface area contributed by atoms with E-state index in [0.29, 0.717) is 0 Å². The van der Waals surface area contributed by atoms with E-state index in [-0.39, 0.29) is 11.9 Å². The predicted octanol–water partition coefficient (Wildman–Crippen LogP) is 3.62. The Labute approximate surface area is 149 Å². The molecule has 1 aromatic carbocycles. The first-order chi connectivity index (χ1) is 11.4.